The van der Waals surface area contributed by atoms with Crippen LogP contribution in [0, 0.1) is 5.82 Å². The van der Waals surface area contributed by atoms with Crippen LogP contribution in [0.2, 0.25) is 0 Å². The van der Waals surface area contributed by atoms with Crippen LogP contribution in [-0.2, 0) is 16.1 Å². The van der Waals surface area contributed by atoms with Gasteiger partial charge < -0.3 is 20.1 Å². The third-order valence-corrected chi connectivity index (χ3v) is 6.48. The Kier molecular flexibility index (Phi) is 9.47. The van der Waals surface area contributed by atoms with Gasteiger partial charge in [-0.25, -0.2) is 9.18 Å². The minimum atomic E-state index is -0.439. The number of aromatic nitrogens is 3. The van der Waals surface area contributed by atoms with Crippen LogP contribution in [0.1, 0.15) is 33.5 Å². The van der Waals surface area contributed by atoms with Gasteiger partial charge in [-0.2, -0.15) is 0 Å². The number of hydrogen-bond acceptors (Lipinski definition) is 8. The maximum absolute atomic E-state index is 13.6. The maximum Gasteiger partial charge on any atom is 0.338 e. The summed E-state index contributed by atoms with van der Waals surface area (Å²) >= 11 is 1.12. The third kappa shape index (κ3) is 7.03. The minimum Gasteiger partial charge on any atom is -0.496 e. The predicted octanol–water partition coefficient (Wildman–Crippen LogP) is 4.25. The highest BCUT2D eigenvalue weighted by Crippen LogP contribution is 2.23. The smallest absolute Gasteiger partial charge is 0.338 e. The number of hydrogen-bond donors (Lipinski definition) is 2. The Balaban J connectivity index is 1.46. The van der Waals surface area contributed by atoms with E-state index in [0.717, 1.165) is 11.8 Å². The third-order valence-electron chi connectivity index (χ3n) is 5.56. The largest absolute Gasteiger partial charge is 0.496 e. The van der Waals surface area contributed by atoms with Crippen LogP contribution >= 0.6 is 11.8 Å². The Morgan fingerprint density at radius 2 is 1.70 bits per heavy atom. The van der Waals surface area contributed by atoms with E-state index in [9.17, 15) is 18.8 Å². The van der Waals surface area contributed by atoms with Crippen LogP contribution in [0.3, 0.4) is 0 Å². The number of thioether (sulfide) groups is 1. The second kappa shape index (κ2) is 13.4. The van der Waals surface area contributed by atoms with Crippen molar-refractivity contribution in [3.63, 3.8) is 0 Å². The number of nitrogens with one attached hydrogen (secondary N) is 2. The van der Waals surface area contributed by atoms with Gasteiger partial charge in [-0.1, -0.05) is 23.9 Å². The van der Waals surface area contributed by atoms with Crippen molar-refractivity contribution < 1.29 is 28.2 Å². The number of amides is 2. The van der Waals surface area contributed by atoms with Gasteiger partial charge in [0.15, 0.2) is 11.0 Å². The predicted molar refractivity (Wildman–Crippen MR) is 147 cm³/mol. The van der Waals surface area contributed by atoms with Crippen molar-refractivity contribution in [2.45, 2.75) is 18.6 Å². The zero-order chi connectivity index (χ0) is 28.5. The Labute approximate surface area is 233 Å². The molecule has 0 saturated heterocycles. The standard InChI is InChI=1S/C28H26FN5O5S/c1-3-39-27(37)18-8-12-20(13-9-18)31-25(35)17-40-28-33-32-24(34(28)21-14-10-19(29)11-15-21)16-30-26(36)22-6-4-5-7-23(22)38-2/h4-15H,3,16-17H2,1-2H3,(H,30,36)(H,31,35). The van der Waals surface area contributed by atoms with Gasteiger partial charge in [0, 0.05) is 11.4 Å². The second-order valence-electron chi connectivity index (χ2n) is 8.23. The Morgan fingerprint density at radius 3 is 2.40 bits per heavy atom. The van der Waals surface area contributed by atoms with Gasteiger partial charge in [-0.05, 0) is 67.6 Å². The zero-order valence-electron chi connectivity index (χ0n) is 21.7. The fraction of sp³-hybridized carbons (Fsp3) is 0.179. The molecule has 206 valence electrons. The van der Waals surface area contributed by atoms with E-state index in [0.29, 0.717) is 39.2 Å². The molecule has 10 nitrogen and oxygen atoms in total. The summed E-state index contributed by atoms with van der Waals surface area (Å²) in [7, 11) is 1.48. The second-order valence-corrected chi connectivity index (χ2v) is 9.17. The molecule has 4 rings (SSSR count). The Bertz CT molecular complexity index is 1490. The van der Waals surface area contributed by atoms with Gasteiger partial charge in [0.05, 0.1) is 37.1 Å². The highest BCUT2D eigenvalue weighted by molar-refractivity contribution is 7.99. The van der Waals surface area contributed by atoms with Gasteiger partial charge in [0.2, 0.25) is 5.91 Å². The number of ether oxygens (including phenoxy) is 2. The number of halogens is 1. The number of carbonyl (C=O) groups excluding carboxylic acids is 3. The topological polar surface area (TPSA) is 124 Å². The number of benzene rings is 3. The number of nitrogens with zero attached hydrogens (tertiary/aromatic N) is 3. The van der Waals surface area contributed by atoms with Crippen LogP contribution in [0.15, 0.2) is 78.0 Å². The number of rotatable bonds is 11. The first-order valence-corrected chi connectivity index (χ1v) is 13.2. The van der Waals surface area contributed by atoms with E-state index in [4.69, 9.17) is 9.47 Å². The molecule has 2 amide bonds. The summed E-state index contributed by atoms with van der Waals surface area (Å²) in [6.45, 7) is 2.01. The van der Waals surface area contributed by atoms with E-state index in [1.54, 1.807) is 72.2 Å². The number of anilines is 1. The van der Waals surface area contributed by atoms with Crippen LogP contribution < -0.4 is 15.4 Å². The maximum atomic E-state index is 13.6. The van der Waals surface area contributed by atoms with E-state index < -0.39 is 11.8 Å². The molecule has 0 aliphatic rings. The summed E-state index contributed by atoms with van der Waals surface area (Å²) in [6, 6.07) is 18.9. The summed E-state index contributed by atoms with van der Waals surface area (Å²) in [5.41, 5.74) is 1.81. The molecule has 0 spiro atoms. The lowest BCUT2D eigenvalue weighted by atomic mass is 10.2. The minimum absolute atomic E-state index is 0.00741. The van der Waals surface area contributed by atoms with Crippen molar-refractivity contribution in [1.82, 2.24) is 20.1 Å². The van der Waals surface area contributed by atoms with Crippen LogP contribution in [0.4, 0.5) is 10.1 Å². The van der Waals surface area contributed by atoms with Gasteiger partial charge in [-0.15, -0.1) is 10.2 Å². The van der Waals surface area contributed by atoms with Crippen molar-refractivity contribution >= 4 is 35.2 Å². The summed E-state index contributed by atoms with van der Waals surface area (Å²) in [4.78, 5) is 37.2. The SMILES string of the molecule is CCOC(=O)c1ccc(NC(=O)CSc2nnc(CNC(=O)c3ccccc3OC)n2-c2ccc(F)cc2)cc1. The average molecular weight is 564 g/mol. The molecule has 12 heteroatoms. The van der Waals surface area contributed by atoms with Crippen molar-refractivity contribution in [2.75, 3.05) is 24.8 Å². The summed E-state index contributed by atoms with van der Waals surface area (Å²) in [6.07, 6.45) is 0. The Hall–Kier alpha value is -4.71. The fourth-order valence-corrected chi connectivity index (χ4v) is 4.45. The highest BCUT2D eigenvalue weighted by Gasteiger charge is 2.18. The molecule has 4 aromatic rings. The molecule has 1 aromatic heterocycles. The summed E-state index contributed by atoms with van der Waals surface area (Å²) < 4.78 is 25.5. The average Bonchev–Trinajstić information content (AvgIpc) is 3.38. The van der Waals surface area contributed by atoms with Crippen molar-refractivity contribution in [1.29, 1.82) is 0 Å². The lowest BCUT2D eigenvalue weighted by Gasteiger charge is -2.12. The van der Waals surface area contributed by atoms with Crippen LogP contribution in [0.25, 0.3) is 5.69 Å². The molecule has 3 aromatic carbocycles. The van der Waals surface area contributed by atoms with E-state index in [1.165, 1.54) is 19.2 Å². The first-order valence-electron chi connectivity index (χ1n) is 12.2. The van der Waals surface area contributed by atoms with Gasteiger partial charge in [0.1, 0.15) is 11.6 Å². The van der Waals surface area contributed by atoms with Crippen LogP contribution in [0.5, 0.6) is 5.75 Å². The molecule has 0 fully saturated rings. The molecule has 0 aliphatic carbocycles. The molecule has 0 bridgehead atoms. The first kappa shape index (κ1) is 28.3. The molecule has 0 saturated carbocycles. The van der Waals surface area contributed by atoms with Gasteiger partial charge in [-0.3, -0.25) is 14.2 Å². The number of carbonyl (C=O) groups is 3. The molecular formula is C28H26FN5O5S. The summed E-state index contributed by atoms with van der Waals surface area (Å²) in [5.74, 6) is -0.726. The highest BCUT2D eigenvalue weighted by atomic mass is 32.2. The number of esters is 1. The van der Waals surface area contributed by atoms with Crippen molar-refractivity contribution in [3.8, 4) is 11.4 Å². The van der Waals surface area contributed by atoms with E-state index in [-0.39, 0.29) is 30.7 Å². The van der Waals surface area contributed by atoms with Crippen molar-refractivity contribution in [2.24, 2.45) is 0 Å². The lowest BCUT2D eigenvalue weighted by Crippen LogP contribution is -2.25. The molecule has 0 atom stereocenters. The van der Waals surface area contributed by atoms with Gasteiger partial charge >= 0.3 is 5.97 Å². The Morgan fingerprint density at radius 1 is 0.975 bits per heavy atom. The molecule has 1 heterocycles. The summed E-state index contributed by atoms with van der Waals surface area (Å²) in [5, 5.41) is 14.4. The normalized spacial score (nSPS) is 10.6. The monoisotopic (exact) mass is 563 g/mol. The van der Waals surface area contributed by atoms with Gasteiger partial charge in [0.25, 0.3) is 5.91 Å². The first-order chi connectivity index (χ1) is 19.4. The van der Waals surface area contributed by atoms with Crippen LogP contribution in [-0.4, -0.2) is 52.0 Å². The molecule has 40 heavy (non-hydrogen) atoms. The zero-order valence-corrected chi connectivity index (χ0v) is 22.5. The van der Waals surface area contributed by atoms with E-state index in [2.05, 4.69) is 20.8 Å². The molecular weight excluding hydrogens is 537 g/mol. The van der Waals surface area contributed by atoms with Crippen molar-refractivity contribution in [3.05, 3.63) is 95.6 Å². The van der Waals surface area contributed by atoms with E-state index in [1.807, 2.05) is 0 Å². The molecule has 0 unspecified atom stereocenters. The molecule has 0 radical (unpaired) electrons. The number of para-hydroxylation sites is 1. The lowest BCUT2D eigenvalue weighted by molar-refractivity contribution is -0.113. The number of methoxy groups -OCH3 is 1. The van der Waals surface area contributed by atoms with E-state index >= 15 is 0 Å². The molecule has 0 aliphatic heterocycles. The molecule has 2 N–H and O–H groups in total. The quantitative estimate of drug-likeness (QED) is 0.205. The fourth-order valence-electron chi connectivity index (χ4n) is 3.68.